The monoisotopic (exact) mass is 403 g/mol. The van der Waals surface area contributed by atoms with Gasteiger partial charge in [0.2, 0.25) is 5.91 Å². The van der Waals surface area contributed by atoms with E-state index >= 15 is 0 Å². The maximum atomic E-state index is 13.1. The van der Waals surface area contributed by atoms with Crippen molar-refractivity contribution in [3.05, 3.63) is 72.6 Å². The number of amides is 1. The molecule has 0 saturated carbocycles. The van der Waals surface area contributed by atoms with Crippen LogP contribution in [0, 0.1) is 0 Å². The van der Waals surface area contributed by atoms with Crippen molar-refractivity contribution in [1.29, 1.82) is 0 Å². The number of anilines is 1. The van der Waals surface area contributed by atoms with Crippen molar-refractivity contribution in [2.45, 2.75) is 23.4 Å². The van der Waals surface area contributed by atoms with E-state index in [0.29, 0.717) is 10.7 Å². The summed E-state index contributed by atoms with van der Waals surface area (Å²) in [4.78, 5) is 20.8. The second-order valence-corrected chi connectivity index (χ2v) is 7.26. The highest BCUT2D eigenvalue weighted by Crippen LogP contribution is 2.35. The van der Waals surface area contributed by atoms with E-state index < -0.39 is 22.9 Å². The number of hydrogen-bond donors (Lipinski definition) is 1. The van der Waals surface area contributed by atoms with Crippen molar-refractivity contribution in [3.63, 3.8) is 0 Å². The molecule has 3 aromatic rings. The van der Waals surface area contributed by atoms with Crippen LogP contribution in [-0.4, -0.2) is 21.1 Å². The van der Waals surface area contributed by atoms with Gasteiger partial charge in [0.25, 0.3) is 0 Å². The van der Waals surface area contributed by atoms with Gasteiger partial charge in [-0.3, -0.25) is 4.79 Å². The van der Waals surface area contributed by atoms with E-state index in [9.17, 15) is 18.0 Å². The first kappa shape index (κ1) is 19.9. The molecule has 0 spiro atoms. The number of alkyl halides is 3. The SMILES string of the molecule is C[C@@H](Sc1cc(-c2ccccc2)ncn1)C(=O)Nc1ccccc1C(F)(F)F. The number of nitrogens with one attached hydrogen (secondary N) is 1. The Labute approximate surface area is 164 Å². The molecule has 1 amide bonds. The van der Waals surface area contributed by atoms with E-state index in [1.54, 1.807) is 13.0 Å². The minimum atomic E-state index is -4.54. The molecule has 144 valence electrons. The molecule has 28 heavy (non-hydrogen) atoms. The summed E-state index contributed by atoms with van der Waals surface area (Å²) in [7, 11) is 0. The molecule has 2 aromatic carbocycles. The normalized spacial score (nSPS) is 12.4. The lowest BCUT2D eigenvalue weighted by atomic mass is 10.1. The summed E-state index contributed by atoms with van der Waals surface area (Å²) in [6.45, 7) is 1.61. The largest absolute Gasteiger partial charge is 0.418 e. The number of carbonyl (C=O) groups is 1. The lowest BCUT2D eigenvalue weighted by Gasteiger charge is -2.16. The van der Waals surface area contributed by atoms with Gasteiger partial charge < -0.3 is 5.32 Å². The maximum Gasteiger partial charge on any atom is 0.418 e. The second kappa shape index (κ2) is 8.43. The first-order valence-corrected chi connectivity index (χ1v) is 9.24. The molecule has 1 aromatic heterocycles. The first-order chi connectivity index (χ1) is 13.3. The fourth-order valence-electron chi connectivity index (χ4n) is 2.48. The number of para-hydroxylation sites is 1. The van der Waals surface area contributed by atoms with Crippen molar-refractivity contribution in [2.24, 2.45) is 0 Å². The van der Waals surface area contributed by atoms with Crippen molar-refractivity contribution >= 4 is 23.4 Å². The molecular formula is C20H16F3N3OS. The smallest absolute Gasteiger partial charge is 0.325 e. The van der Waals surface area contributed by atoms with Crippen molar-refractivity contribution in [1.82, 2.24) is 9.97 Å². The number of carbonyl (C=O) groups excluding carboxylic acids is 1. The third-order valence-corrected chi connectivity index (χ3v) is 4.90. The first-order valence-electron chi connectivity index (χ1n) is 8.36. The fraction of sp³-hybridized carbons (Fsp3) is 0.150. The summed E-state index contributed by atoms with van der Waals surface area (Å²) in [6, 6.07) is 16.1. The summed E-state index contributed by atoms with van der Waals surface area (Å²) in [5.74, 6) is -0.540. The van der Waals surface area contributed by atoms with Gasteiger partial charge in [-0.05, 0) is 25.1 Å². The predicted octanol–water partition coefficient (Wildman–Crippen LogP) is 5.28. The number of benzene rings is 2. The Morgan fingerprint density at radius 3 is 2.43 bits per heavy atom. The summed E-state index contributed by atoms with van der Waals surface area (Å²) >= 11 is 1.15. The summed E-state index contributed by atoms with van der Waals surface area (Å²) in [5.41, 5.74) is 0.463. The van der Waals surface area contributed by atoms with Gasteiger partial charge in [0.15, 0.2) is 0 Å². The van der Waals surface area contributed by atoms with Crippen molar-refractivity contribution in [2.75, 3.05) is 5.32 Å². The number of aromatic nitrogens is 2. The zero-order chi connectivity index (χ0) is 20.1. The predicted molar refractivity (Wildman–Crippen MR) is 103 cm³/mol. The molecule has 0 unspecified atom stereocenters. The molecular weight excluding hydrogens is 387 g/mol. The van der Waals surface area contributed by atoms with E-state index in [2.05, 4.69) is 15.3 Å². The molecule has 3 rings (SSSR count). The lowest BCUT2D eigenvalue weighted by molar-refractivity contribution is -0.137. The number of nitrogens with zero attached hydrogens (tertiary/aromatic N) is 2. The van der Waals surface area contributed by atoms with E-state index in [0.717, 1.165) is 23.4 Å². The Hall–Kier alpha value is -2.87. The van der Waals surface area contributed by atoms with Gasteiger partial charge in [-0.1, -0.05) is 54.2 Å². The van der Waals surface area contributed by atoms with E-state index in [1.807, 2.05) is 30.3 Å². The zero-order valence-electron chi connectivity index (χ0n) is 14.8. The van der Waals surface area contributed by atoms with Crippen LogP contribution < -0.4 is 5.32 Å². The Bertz CT molecular complexity index is 964. The zero-order valence-corrected chi connectivity index (χ0v) is 15.6. The summed E-state index contributed by atoms with van der Waals surface area (Å²) < 4.78 is 39.2. The molecule has 0 saturated heterocycles. The highest BCUT2D eigenvalue weighted by Gasteiger charge is 2.33. The molecule has 1 N–H and O–H groups in total. The summed E-state index contributed by atoms with van der Waals surface area (Å²) in [6.07, 6.45) is -3.15. The molecule has 0 fully saturated rings. The Kier molecular flexibility index (Phi) is 5.99. The van der Waals surface area contributed by atoms with Crippen LogP contribution in [0.15, 0.2) is 72.0 Å². The molecule has 0 aliphatic heterocycles. The third-order valence-electron chi connectivity index (χ3n) is 3.87. The lowest BCUT2D eigenvalue weighted by Crippen LogP contribution is -2.24. The molecule has 0 radical (unpaired) electrons. The van der Waals surface area contributed by atoms with Crippen molar-refractivity contribution in [3.8, 4) is 11.3 Å². The van der Waals surface area contributed by atoms with Gasteiger partial charge in [-0.2, -0.15) is 13.2 Å². The quantitative estimate of drug-likeness (QED) is 0.465. The highest BCUT2D eigenvalue weighted by molar-refractivity contribution is 8.00. The Balaban J connectivity index is 1.72. The molecule has 0 aliphatic rings. The topological polar surface area (TPSA) is 54.9 Å². The second-order valence-electron chi connectivity index (χ2n) is 5.90. The van der Waals surface area contributed by atoms with Crippen LogP contribution in [0.3, 0.4) is 0 Å². The van der Waals surface area contributed by atoms with Gasteiger partial charge >= 0.3 is 6.18 Å². The van der Waals surface area contributed by atoms with E-state index in [4.69, 9.17) is 0 Å². The van der Waals surface area contributed by atoms with E-state index in [1.165, 1.54) is 24.5 Å². The number of halogens is 3. The third kappa shape index (κ3) is 4.89. The molecule has 0 aliphatic carbocycles. The fourth-order valence-corrected chi connectivity index (χ4v) is 3.29. The molecule has 4 nitrogen and oxygen atoms in total. The van der Waals surface area contributed by atoms with Gasteiger partial charge in [-0.15, -0.1) is 0 Å². The van der Waals surface area contributed by atoms with Crippen LogP contribution >= 0.6 is 11.8 Å². The van der Waals surface area contributed by atoms with Gasteiger partial charge in [0.1, 0.15) is 11.4 Å². The highest BCUT2D eigenvalue weighted by atomic mass is 32.2. The standard InChI is InChI=1S/C20H16F3N3OS/c1-13(19(27)26-16-10-6-5-9-15(16)20(21,22)23)28-18-11-17(24-12-25-18)14-7-3-2-4-8-14/h2-13H,1H3,(H,26,27)/t13-/m1/s1. The van der Waals surface area contributed by atoms with Crippen LogP contribution in [0.4, 0.5) is 18.9 Å². The number of hydrogen-bond acceptors (Lipinski definition) is 4. The van der Waals surface area contributed by atoms with E-state index in [-0.39, 0.29) is 5.69 Å². The van der Waals surface area contributed by atoms with Crippen LogP contribution in [0.2, 0.25) is 0 Å². The minimum Gasteiger partial charge on any atom is -0.325 e. The molecule has 1 atom stereocenters. The Morgan fingerprint density at radius 1 is 1.04 bits per heavy atom. The number of rotatable bonds is 5. The van der Waals surface area contributed by atoms with Gasteiger partial charge in [0, 0.05) is 5.56 Å². The average Bonchev–Trinajstić information content (AvgIpc) is 2.68. The van der Waals surface area contributed by atoms with Crippen LogP contribution in [0.5, 0.6) is 0 Å². The van der Waals surface area contributed by atoms with Gasteiger partial charge in [-0.25, -0.2) is 9.97 Å². The minimum absolute atomic E-state index is 0.264. The van der Waals surface area contributed by atoms with Crippen LogP contribution in [-0.2, 0) is 11.0 Å². The van der Waals surface area contributed by atoms with Crippen LogP contribution in [0.25, 0.3) is 11.3 Å². The van der Waals surface area contributed by atoms with Gasteiger partial charge in [0.05, 0.1) is 22.2 Å². The van der Waals surface area contributed by atoms with Crippen molar-refractivity contribution < 1.29 is 18.0 Å². The average molecular weight is 403 g/mol. The Morgan fingerprint density at radius 2 is 1.71 bits per heavy atom. The molecule has 0 bridgehead atoms. The molecule has 1 heterocycles. The van der Waals surface area contributed by atoms with Crippen LogP contribution in [0.1, 0.15) is 12.5 Å². The maximum absolute atomic E-state index is 13.1. The summed E-state index contributed by atoms with van der Waals surface area (Å²) in [5, 5.41) is 2.26. The number of thioether (sulfide) groups is 1. The molecule has 8 heteroatoms.